The Hall–Kier alpha value is -2.02. The zero-order valence-electron chi connectivity index (χ0n) is 14.8. The van der Waals surface area contributed by atoms with Gasteiger partial charge in [-0.1, -0.05) is 30.3 Å². The number of methoxy groups -OCH3 is 1. The van der Waals surface area contributed by atoms with Gasteiger partial charge in [0.05, 0.1) is 12.9 Å². The first-order valence-corrected chi connectivity index (χ1v) is 9.57. The maximum Gasteiger partial charge on any atom is 0.233 e. The zero-order valence-corrected chi connectivity index (χ0v) is 15.6. The van der Waals surface area contributed by atoms with Crippen molar-refractivity contribution in [2.24, 2.45) is 0 Å². The van der Waals surface area contributed by atoms with Crippen molar-refractivity contribution >= 4 is 17.7 Å². The van der Waals surface area contributed by atoms with Gasteiger partial charge in [0.15, 0.2) is 5.16 Å². The number of carbonyl (C=O) groups excluding carboxylic acids is 1. The van der Waals surface area contributed by atoms with Crippen LogP contribution in [0.3, 0.4) is 0 Å². The number of carbonyl (C=O) groups is 1. The number of thioether (sulfide) groups is 1. The Bertz CT molecular complexity index is 714. The number of amides is 1. The van der Waals surface area contributed by atoms with Crippen LogP contribution in [0.15, 0.2) is 29.4 Å². The fourth-order valence-corrected chi connectivity index (χ4v) is 3.82. The van der Waals surface area contributed by atoms with Crippen molar-refractivity contribution in [3.63, 3.8) is 0 Å². The van der Waals surface area contributed by atoms with E-state index in [1.807, 2.05) is 31.3 Å². The summed E-state index contributed by atoms with van der Waals surface area (Å²) in [5, 5.41) is 9.41. The van der Waals surface area contributed by atoms with E-state index in [0.717, 1.165) is 41.7 Å². The van der Waals surface area contributed by atoms with E-state index >= 15 is 0 Å². The first-order valence-electron chi connectivity index (χ1n) is 8.59. The number of ether oxygens (including phenoxy) is 1. The standard InChI is InChI=1S/C18H24N4O2S/c1-21(12-14-7-9-15(24-2)10-8-14)17(23)13-25-18-20-19-16-6-4-3-5-11-22(16)18/h7-10H,3-6,11-13H2,1-2H3. The molecular weight excluding hydrogens is 336 g/mol. The van der Waals surface area contributed by atoms with Gasteiger partial charge in [0, 0.05) is 26.6 Å². The van der Waals surface area contributed by atoms with Crippen LogP contribution in [0.5, 0.6) is 5.75 Å². The van der Waals surface area contributed by atoms with Crippen LogP contribution in [0.2, 0.25) is 0 Å². The van der Waals surface area contributed by atoms with Crippen molar-refractivity contribution < 1.29 is 9.53 Å². The Morgan fingerprint density at radius 3 is 2.80 bits per heavy atom. The largest absolute Gasteiger partial charge is 0.497 e. The van der Waals surface area contributed by atoms with Crippen LogP contribution in [-0.2, 0) is 24.3 Å². The molecular formula is C18H24N4O2S. The molecule has 2 aromatic rings. The number of rotatable bonds is 6. The Morgan fingerprint density at radius 2 is 2.04 bits per heavy atom. The second-order valence-electron chi connectivity index (χ2n) is 6.25. The molecule has 0 bridgehead atoms. The first-order chi connectivity index (χ1) is 12.2. The topological polar surface area (TPSA) is 60.2 Å². The summed E-state index contributed by atoms with van der Waals surface area (Å²) < 4.78 is 7.33. The summed E-state index contributed by atoms with van der Waals surface area (Å²) in [6.45, 7) is 1.54. The molecule has 0 saturated carbocycles. The Morgan fingerprint density at radius 1 is 1.24 bits per heavy atom. The van der Waals surface area contributed by atoms with E-state index in [-0.39, 0.29) is 5.91 Å². The fourth-order valence-electron chi connectivity index (χ4n) is 2.89. The second-order valence-corrected chi connectivity index (χ2v) is 7.19. The van der Waals surface area contributed by atoms with E-state index < -0.39 is 0 Å². The van der Waals surface area contributed by atoms with Crippen molar-refractivity contribution in [1.29, 1.82) is 0 Å². The number of fused-ring (bicyclic) bond motifs is 1. The summed E-state index contributed by atoms with van der Waals surface area (Å²) in [5.74, 6) is 2.34. The minimum Gasteiger partial charge on any atom is -0.497 e. The zero-order chi connectivity index (χ0) is 17.6. The molecule has 134 valence electrons. The average Bonchev–Trinajstić information content (AvgIpc) is 2.86. The predicted molar refractivity (Wildman–Crippen MR) is 97.8 cm³/mol. The molecule has 1 aromatic heterocycles. The number of aryl methyl sites for hydroxylation is 1. The molecule has 0 spiro atoms. The smallest absolute Gasteiger partial charge is 0.233 e. The van der Waals surface area contributed by atoms with Crippen LogP contribution in [-0.4, -0.2) is 45.5 Å². The lowest BCUT2D eigenvalue weighted by Gasteiger charge is -2.17. The van der Waals surface area contributed by atoms with Crippen molar-refractivity contribution in [2.75, 3.05) is 19.9 Å². The van der Waals surface area contributed by atoms with Crippen LogP contribution in [0.1, 0.15) is 30.7 Å². The third kappa shape index (κ3) is 4.54. The molecule has 0 unspecified atom stereocenters. The molecule has 1 aromatic carbocycles. The van der Waals surface area contributed by atoms with E-state index in [9.17, 15) is 4.79 Å². The molecule has 0 atom stereocenters. The monoisotopic (exact) mass is 360 g/mol. The summed E-state index contributed by atoms with van der Waals surface area (Å²) in [6, 6.07) is 7.78. The van der Waals surface area contributed by atoms with Gasteiger partial charge in [-0.2, -0.15) is 0 Å². The van der Waals surface area contributed by atoms with E-state index in [2.05, 4.69) is 14.8 Å². The van der Waals surface area contributed by atoms with Gasteiger partial charge >= 0.3 is 0 Å². The maximum absolute atomic E-state index is 12.4. The normalized spacial score (nSPS) is 13.8. The van der Waals surface area contributed by atoms with Crippen LogP contribution in [0.25, 0.3) is 0 Å². The summed E-state index contributed by atoms with van der Waals surface area (Å²) in [4.78, 5) is 14.2. The van der Waals surface area contributed by atoms with Gasteiger partial charge in [0.1, 0.15) is 11.6 Å². The highest BCUT2D eigenvalue weighted by atomic mass is 32.2. The minimum atomic E-state index is 0.0896. The van der Waals surface area contributed by atoms with Gasteiger partial charge in [0.2, 0.25) is 5.91 Å². The van der Waals surface area contributed by atoms with Crippen molar-refractivity contribution in [1.82, 2.24) is 19.7 Å². The van der Waals surface area contributed by atoms with Gasteiger partial charge in [-0.25, -0.2) is 0 Å². The van der Waals surface area contributed by atoms with E-state index in [1.165, 1.54) is 24.6 Å². The minimum absolute atomic E-state index is 0.0896. The quantitative estimate of drug-likeness (QED) is 0.742. The summed E-state index contributed by atoms with van der Waals surface area (Å²) in [7, 11) is 3.48. The first kappa shape index (κ1) is 17.8. The molecule has 0 aliphatic carbocycles. The van der Waals surface area contributed by atoms with Crippen molar-refractivity contribution in [2.45, 2.75) is 43.9 Å². The molecule has 7 heteroatoms. The van der Waals surface area contributed by atoms with E-state index in [1.54, 1.807) is 12.0 Å². The number of benzene rings is 1. The summed E-state index contributed by atoms with van der Waals surface area (Å²) >= 11 is 1.48. The van der Waals surface area contributed by atoms with E-state index in [4.69, 9.17) is 4.74 Å². The predicted octanol–water partition coefficient (Wildman–Crippen LogP) is 2.76. The molecule has 0 N–H and O–H groups in total. The van der Waals surface area contributed by atoms with Gasteiger partial charge in [-0.3, -0.25) is 4.79 Å². The molecule has 1 aliphatic heterocycles. The Labute approximate surface area is 152 Å². The fraction of sp³-hybridized carbons (Fsp3) is 0.500. The number of hydrogen-bond acceptors (Lipinski definition) is 5. The van der Waals surface area contributed by atoms with Crippen LogP contribution >= 0.6 is 11.8 Å². The van der Waals surface area contributed by atoms with Crippen LogP contribution < -0.4 is 4.74 Å². The molecule has 6 nitrogen and oxygen atoms in total. The molecule has 1 amide bonds. The highest BCUT2D eigenvalue weighted by molar-refractivity contribution is 7.99. The molecule has 1 aliphatic rings. The summed E-state index contributed by atoms with van der Waals surface area (Å²) in [6.07, 6.45) is 4.55. The van der Waals surface area contributed by atoms with Gasteiger partial charge < -0.3 is 14.2 Å². The highest BCUT2D eigenvalue weighted by Crippen LogP contribution is 2.22. The molecule has 0 radical (unpaired) electrons. The molecule has 0 saturated heterocycles. The van der Waals surface area contributed by atoms with Gasteiger partial charge in [0.25, 0.3) is 0 Å². The molecule has 3 rings (SSSR count). The van der Waals surface area contributed by atoms with Gasteiger partial charge in [-0.15, -0.1) is 10.2 Å². The number of aromatic nitrogens is 3. The lowest BCUT2D eigenvalue weighted by atomic mass is 10.2. The molecule has 2 heterocycles. The number of hydrogen-bond donors (Lipinski definition) is 0. The summed E-state index contributed by atoms with van der Waals surface area (Å²) in [5.41, 5.74) is 1.08. The molecule has 0 fully saturated rings. The number of nitrogens with zero attached hydrogens (tertiary/aromatic N) is 4. The Balaban J connectivity index is 1.54. The van der Waals surface area contributed by atoms with Crippen LogP contribution in [0.4, 0.5) is 0 Å². The van der Waals surface area contributed by atoms with Gasteiger partial charge in [-0.05, 0) is 30.5 Å². The van der Waals surface area contributed by atoms with Crippen molar-refractivity contribution in [3.05, 3.63) is 35.7 Å². The SMILES string of the molecule is COc1ccc(CN(C)C(=O)CSc2nnc3n2CCCCC3)cc1. The van der Waals surface area contributed by atoms with Crippen molar-refractivity contribution in [3.8, 4) is 5.75 Å². The third-order valence-electron chi connectivity index (χ3n) is 4.40. The second kappa shape index (κ2) is 8.38. The lowest BCUT2D eigenvalue weighted by Crippen LogP contribution is -2.27. The molecule has 25 heavy (non-hydrogen) atoms. The Kier molecular flexibility index (Phi) is 5.96. The van der Waals surface area contributed by atoms with E-state index in [0.29, 0.717) is 12.3 Å². The third-order valence-corrected chi connectivity index (χ3v) is 5.36. The lowest BCUT2D eigenvalue weighted by molar-refractivity contribution is -0.127. The average molecular weight is 360 g/mol. The van der Waals surface area contributed by atoms with Crippen LogP contribution in [0, 0.1) is 0 Å². The maximum atomic E-state index is 12.4. The highest BCUT2D eigenvalue weighted by Gasteiger charge is 2.17.